The highest BCUT2D eigenvalue weighted by atomic mass is 35.5. The van der Waals surface area contributed by atoms with Crippen LogP contribution in [0.3, 0.4) is 0 Å². The smallest absolute Gasteiger partial charge is 0.326 e. The van der Waals surface area contributed by atoms with Crippen LogP contribution < -0.4 is 9.47 Å². The third-order valence-corrected chi connectivity index (χ3v) is 6.37. The van der Waals surface area contributed by atoms with Crippen molar-refractivity contribution < 1.29 is 24.2 Å². The first-order chi connectivity index (χ1) is 14.7. The summed E-state index contributed by atoms with van der Waals surface area (Å²) in [5.74, 6) is -0.603. The number of aliphatic carboxylic acids is 1. The first kappa shape index (κ1) is 23.4. The Balaban J connectivity index is 1.79. The van der Waals surface area contributed by atoms with Crippen LogP contribution in [-0.2, 0) is 16.2 Å². The Morgan fingerprint density at radius 1 is 1.26 bits per heavy atom. The van der Waals surface area contributed by atoms with E-state index in [1.807, 2.05) is 0 Å². The van der Waals surface area contributed by atoms with E-state index in [9.17, 15) is 14.7 Å². The lowest BCUT2D eigenvalue weighted by Gasteiger charge is -2.18. The molecule has 1 aliphatic rings. The fourth-order valence-electron chi connectivity index (χ4n) is 2.76. The summed E-state index contributed by atoms with van der Waals surface area (Å²) >= 11 is 18.3. The van der Waals surface area contributed by atoms with E-state index in [2.05, 4.69) is 0 Å². The molecule has 0 aromatic heterocycles. The second-order valence-electron chi connectivity index (χ2n) is 6.50. The van der Waals surface area contributed by atoms with Crippen molar-refractivity contribution in [2.24, 2.45) is 0 Å². The van der Waals surface area contributed by atoms with E-state index in [-0.39, 0.29) is 10.9 Å². The number of carbonyl (C=O) groups excluding carboxylic acids is 1. The normalized spacial score (nSPS) is 16.0. The highest BCUT2D eigenvalue weighted by Gasteiger charge is 2.38. The molecule has 31 heavy (non-hydrogen) atoms. The molecule has 1 heterocycles. The van der Waals surface area contributed by atoms with Crippen LogP contribution in [0.4, 0.5) is 0 Å². The summed E-state index contributed by atoms with van der Waals surface area (Å²) in [6, 6.07) is 9.31. The van der Waals surface area contributed by atoms with E-state index >= 15 is 0 Å². The van der Waals surface area contributed by atoms with Gasteiger partial charge in [0.2, 0.25) is 0 Å². The average molecular weight is 498 g/mol. The molecular weight excluding hydrogens is 481 g/mol. The van der Waals surface area contributed by atoms with Gasteiger partial charge in [-0.3, -0.25) is 9.69 Å². The molecule has 1 fully saturated rings. The topological polar surface area (TPSA) is 76.1 Å². The van der Waals surface area contributed by atoms with Gasteiger partial charge in [0.05, 0.1) is 12.0 Å². The van der Waals surface area contributed by atoms with Gasteiger partial charge in [-0.25, -0.2) is 4.79 Å². The van der Waals surface area contributed by atoms with Gasteiger partial charge in [-0.15, -0.1) is 0 Å². The Morgan fingerprint density at radius 2 is 2.00 bits per heavy atom. The fraction of sp³-hybridized carbons (Fsp3) is 0.190. The van der Waals surface area contributed by atoms with Crippen molar-refractivity contribution in [3.05, 3.63) is 62.5 Å². The lowest BCUT2D eigenvalue weighted by atomic mass is 10.1. The summed E-state index contributed by atoms with van der Waals surface area (Å²) < 4.78 is 11.5. The predicted octanol–water partition coefficient (Wildman–Crippen LogP) is 5.26. The van der Waals surface area contributed by atoms with Crippen LogP contribution in [0.25, 0.3) is 6.08 Å². The summed E-state index contributed by atoms with van der Waals surface area (Å²) in [5.41, 5.74) is 1.45. The SMILES string of the molecule is COc1cc(/C=C2\SC(=S)N(C(C)C(=O)O)C2=O)ccc1OCc1ccc(Cl)cc1Cl. The second kappa shape index (κ2) is 9.91. The first-order valence-corrected chi connectivity index (χ1v) is 10.9. The number of rotatable bonds is 7. The molecule has 2 aromatic carbocycles. The molecule has 1 amide bonds. The maximum Gasteiger partial charge on any atom is 0.326 e. The largest absolute Gasteiger partial charge is 0.493 e. The number of carboxylic acids is 1. The Bertz CT molecular complexity index is 1090. The second-order valence-corrected chi connectivity index (χ2v) is 9.02. The zero-order valence-corrected chi connectivity index (χ0v) is 19.6. The summed E-state index contributed by atoms with van der Waals surface area (Å²) in [7, 11) is 1.51. The third kappa shape index (κ3) is 5.33. The minimum absolute atomic E-state index is 0.206. The van der Waals surface area contributed by atoms with Crippen molar-refractivity contribution in [1.82, 2.24) is 4.90 Å². The highest BCUT2D eigenvalue weighted by molar-refractivity contribution is 8.26. The maximum absolute atomic E-state index is 12.6. The minimum atomic E-state index is -1.12. The van der Waals surface area contributed by atoms with Gasteiger partial charge in [-0.2, -0.15) is 0 Å². The van der Waals surface area contributed by atoms with Crippen LogP contribution in [0, 0.1) is 0 Å². The molecule has 0 saturated carbocycles. The van der Waals surface area contributed by atoms with E-state index in [1.54, 1.807) is 42.5 Å². The number of hydrogen-bond acceptors (Lipinski definition) is 6. The number of nitrogens with zero attached hydrogens (tertiary/aromatic N) is 1. The lowest BCUT2D eigenvalue weighted by Crippen LogP contribution is -2.41. The molecule has 1 unspecified atom stereocenters. The molecule has 0 aliphatic carbocycles. The third-order valence-electron chi connectivity index (χ3n) is 4.45. The van der Waals surface area contributed by atoms with Gasteiger partial charge < -0.3 is 14.6 Å². The summed E-state index contributed by atoms with van der Waals surface area (Å²) in [6.45, 7) is 1.63. The number of amides is 1. The summed E-state index contributed by atoms with van der Waals surface area (Å²) in [6.07, 6.45) is 1.64. The Kier molecular flexibility index (Phi) is 7.48. The summed E-state index contributed by atoms with van der Waals surface area (Å²) in [5, 5.41) is 10.2. The molecule has 0 spiro atoms. The number of hydrogen-bond donors (Lipinski definition) is 1. The van der Waals surface area contributed by atoms with Crippen LogP contribution >= 0.6 is 47.2 Å². The Labute approximate surface area is 198 Å². The zero-order chi connectivity index (χ0) is 22.7. The van der Waals surface area contributed by atoms with E-state index in [0.29, 0.717) is 32.0 Å². The van der Waals surface area contributed by atoms with Crippen molar-refractivity contribution in [2.45, 2.75) is 19.6 Å². The van der Waals surface area contributed by atoms with Crippen molar-refractivity contribution in [3.8, 4) is 11.5 Å². The number of thioether (sulfide) groups is 1. The van der Waals surface area contributed by atoms with Gasteiger partial charge in [0.15, 0.2) is 11.5 Å². The standard InChI is InChI=1S/C21H17Cl2NO5S2/c1-11(20(26)27)24-19(25)18(31-21(24)30)8-12-3-6-16(17(7-12)28-2)29-10-13-4-5-14(22)9-15(13)23/h3-9,11H,10H2,1-2H3,(H,26,27)/b18-8-. The molecule has 1 saturated heterocycles. The number of halogens is 2. The van der Waals surface area contributed by atoms with Crippen LogP contribution in [0.15, 0.2) is 41.3 Å². The van der Waals surface area contributed by atoms with Crippen LogP contribution in [0.2, 0.25) is 10.0 Å². The van der Waals surface area contributed by atoms with E-state index in [1.165, 1.54) is 14.0 Å². The monoisotopic (exact) mass is 497 g/mol. The number of benzene rings is 2. The number of thiocarbonyl (C=S) groups is 1. The predicted molar refractivity (Wildman–Crippen MR) is 126 cm³/mol. The quantitative estimate of drug-likeness (QED) is 0.413. The number of ether oxygens (including phenoxy) is 2. The molecule has 10 heteroatoms. The number of carbonyl (C=O) groups is 2. The Hall–Kier alpha value is -2.26. The molecule has 0 radical (unpaired) electrons. The van der Waals surface area contributed by atoms with Crippen molar-refractivity contribution in [3.63, 3.8) is 0 Å². The minimum Gasteiger partial charge on any atom is -0.493 e. The van der Waals surface area contributed by atoms with Gasteiger partial charge in [-0.1, -0.05) is 59.3 Å². The van der Waals surface area contributed by atoms with Gasteiger partial charge in [0.25, 0.3) is 5.91 Å². The zero-order valence-electron chi connectivity index (χ0n) is 16.4. The number of methoxy groups -OCH3 is 1. The Morgan fingerprint density at radius 3 is 2.65 bits per heavy atom. The molecule has 3 rings (SSSR count). The van der Waals surface area contributed by atoms with Gasteiger partial charge in [0, 0.05) is 15.6 Å². The van der Waals surface area contributed by atoms with Crippen LogP contribution in [0.5, 0.6) is 11.5 Å². The van der Waals surface area contributed by atoms with E-state index in [0.717, 1.165) is 22.2 Å². The van der Waals surface area contributed by atoms with Crippen molar-refractivity contribution >= 4 is 69.5 Å². The lowest BCUT2D eigenvalue weighted by molar-refractivity contribution is -0.144. The fourth-order valence-corrected chi connectivity index (χ4v) is 4.64. The van der Waals surface area contributed by atoms with E-state index < -0.39 is 17.9 Å². The first-order valence-electron chi connectivity index (χ1n) is 8.96. The summed E-state index contributed by atoms with van der Waals surface area (Å²) in [4.78, 5) is 25.3. The molecular formula is C21H17Cl2NO5S2. The molecule has 162 valence electrons. The van der Waals surface area contributed by atoms with Crippen molar-refractivity contribution in [2.75, 3.05) is 7.11 Å². The molecule has 1 aliphatic heterocycles. The highest BCUT2D eigenvalue weighted by Crippen LogP contribution is 2.36. The molecule has 6 nitrogen and oxygen atoms in total. The van der Waals surface area contributed by atoms with Gasteiger partial charge in [-0.05, 0) is 42.8 Å². The van der Waals surface area contributed by atoms with Crippen LogP contribution in [-0.4, -0.2) is 39.4 Å². The molecule has 2 aromatic rings. The van der Waals surface area contributed by atoms with E-state index in [4.69, 9.17) is 44.9 Å². The van der Waals surface area contributed by atoms with Crippen LogP contribution in [0.1, 0.15) is 18.1 Å². The van der Waals surface area contributed by atoms with Gasteiger partial charge in [0.1, 0.15) is 17.0 Å². The average Bonchev–Trinajstić information content (AvgIpc) is 3.00. The maximum atomic E-state index is 12.6. The molecule has 1 atom stereocenters. The van der Waals surface area contributed by atoms with Gasteiger partial charge >= 0.3 is 5.97 Å². The number of carboxylic acid groups (broad SMARTS) is 1. The van der Waals surface area contributed by atoms with Crippen molar-refractivity contribution in [1.29, 1.82) is 0 Å². The molecule has 0 bridgehead atoms. The molecule has 1 N–H and O–H groups in total.